The molecule has 2 aromatic rings. The minimum Gasteiger partial charge on any atom is -0.466 e. The van der Waals surface area contributed by atoms with Gasteiger partial charge in [-0.2, -0.15) is 0 Å². The summed E-state index contributed by atoms with van der Waals surface area (Å²) in [7, 11) is 0. The summed E-state index contributed by atoms with van der Waals surface area (Å²) in [4.78, 5) is 23.5. The molecule has 0 saturated heterocycles. The maximum Gasteiger partial charge on any atom is 0.308 e. The smallest absolute Gasteiger partial charge is 0.308 e. The van der Waals surface area contributed by atoms with Crippen molar-refractivity contribution in [2.24, 2.45) is 0 Å². The number of aliphatic hydroxyl groups is 1. The Kier molecular flexibility index (Phi) is 6.98. The van der Waals surface area contributed by atoms with Crippen LogP contribution >= 0.6 is 0 Å². The molecular weight excluding hydrogens is 306 g/mol. The summed E-state index contributed by atoms with van der Waals surface area (Å²) in [5, 5.41) is 12.7. The molecule has 24 heavy (non-hydrogen) atoms. The normalized spacial score (nSPS) is 11.5. The average Bonchev–Trinajstić information content (AvgIpc) is 2.62. The molecule has 0 heterocycles. The summed E-state index contributed by atoms with van der Waals surface area (Å²) < 4.78 is 5.07. The first-order valence-corrected chi connectivity index (χ1v) is 7.88. The molecule has 126 valence electrons. The Morgan fingerprint density at radius 1 is 1.00 bits per heavy atom. The lowest BCUT2D eigenvalue weighted by Crippen LogP contribution is -2.25. The lowest BCUT2D eigenvalue weighted by atomic mass is 10.1. The number of rotatable bonds is 8. The molecule has 0 aliphatic heterocycles. The third kappa shape index (κ3) is 5.85. The molecule has 0 aliphatic carbocycles. The molecule has 1 atom stereocenters. The maximum atomic E-state index is 11.8. The van der Waals surface area contributed by atoms with Gasteiger partial charge in [-0.1, -0.05) is 48.5 Å². The van der Waals surface area contributed by atoms with Gasteiger partial charge in [-0.25, -0.2) is 0 Å². The molecule has 2 N–H and O–H groups in total. The van der Waals surface area contributed by atoms with Gasteiger partial charge >= 0.3 is 5.97 Å². The van der Waals surface area contributed by atoms with Gasteiger partial charge in [0.15, 0.2) is 0 Å². The van der Waals surface area contributed by atoms with Gasteiger partial charge in [-0.3, -0.25) is 9.59 Å². The van der Waals surface area contributed by atoms with Gasteiger partial charge in [0.25, 0.3) is 5.91 Å². The van der Waals surface area contributed by atoms with Gasteiger partial charge < -0.3 is 15.2 Å². The minimum absolute atomic E-state index is 0.0829. The van der Waals surface area contributed by atoms with Crippen LogP contribution in [0, 0.1) is 0 Å². The number of benzene rings is 2. The molecule has 0 bridgehead atoms. The summed E-state index contributed by atoms with van der Waals surface area (Å²) in [6.45, 7) is 0.623. The molecule has 0 spiro atoms. The van der Waals surface area contributed by atoms with E-state index in [0.717, 1.165) is 0 Å². The Bertz CT molecular complexity index is 643. The van der Waals surface area contributed by atoms with Crippen LogP contribution in [-0.2, 0) is 9.53 Å². The van der Waals surface area contributed by atoms with Crippen molar-refractivity contribution in [1.29, 1.82) is 0 Å². The van der Waals surface area contributed by atoms with Crippen LogP contribution in [0.15, 0.2) is 60.7 Å². The molecule has 0 saturated carbocycles. The van der Waals surface area contributed by atoms with Crippen molar-refractivity contribution in [3.63, 3.8) is 0 Å². The van der Waals surface area contributed by atoms with Crippen LogP contribution < -0.4 is 5.32 Å². The number of ether oxygens (including phenoxy) is 1. The van der Waals surface area contributed by atoms with Crippen molar-refractivity contribution < 1.29 is 19.4 Å². The molecule has 0 radical (unpaired) electrons. The molecule has 2 aromatic carbocycles. The van der Waals surface area contributed by atoms with Crippen molar-refractivity contribution in [2.75, 3.05) is 13.2 Å². The Morgan fingerprint density at radius 3 is 2.29 bits per heavy atom. The fraction of sp³-hybridized carbons (Fsp3) is 0.263. The Morgan fingerprint density at radius 2 is 1.62 bits per heavy atom. The van der Waals surface area contributed by atoms with Crippen molar-refractivity contribution >= 4 is 11.9 Å². The van der Waals surface area contributed by atoms with Crippen LogP contribution in [-0.4, -0.2) is 30.1 Å². The number of carbonyl (C=O) groups is 2. The van der Waals surface area contributed by atoms with Gasteiger partial charge in [-0.05, 0) is 24.1 Å². The lowest BCUT2D eigenvalue weighted by molar-refractivity contribution is -0.146. The fourth-order valence-electron chi connectivity index (χ4n) is 2.16. The lowest BCUT2D eigenvalue weighted by Gasteiger charge is -2.11. The number of carbonyl (C=O) groups excluding carboxylic acids is 2. The topological polar surface area (TPSA) is 75.6 Å². The zero-order valence-electron chi connectivity index (χ0n) is 13.4. The molecule has 0 fully saturated rings. The maximum absolute atomic E-state index is 11.8. The molecule has 0 aromatic heterocycles. The highest BCUT2D eigenvalue weighted by atomic mass is 16.5. The van der Waals surface area contributed by atoms with Crippen LogP contribution in [0.25, 0.3) is 0 Å². The van der Waals surface area contributed by atoms with E-state index in [1.54, 1.807) is 48.5 Å². The van der Waals surface area contributed by atoms with Crippen LogP contribution in [0.3, 0.4) is 0 Å². The number of hydrogen-bond donors (Lipinski definition) is 2. The molecular formula is C19H21NO4. The van der Waals surface area contributed by atoms with Crippen LogP contribution in [0.1, 0.15) is 34.9 Å². The van der Waals surface area contributed by atoms with E-state index >= 15 is 0 Å². The number of aliphatic hydroxyl groups excluding tert-OH is 1. The van der Waals surface area contributed by atoms with Gasteiger partial charge in [0.05, 0.1) is 19.1 Å². The predicted octanol–water partition coefficient (Wildman–Crippen LogP) is 2.47. The Hall–Kier alpha value is -2.66. The van der Waals surface area contributed by atoms with E-state index < -0.39 is 12.1 Å². The van der Waals surface area contributed by atoms with Crippen LogP contribution in [0.5, 0.6) is 0 Å². The summed E-state index contributed by atoms with van der Waals surface area (Å²) in [6, 6.07) is 17.9. The Labute approximate surface area is 141 Å². The molecule has 0 unspecified atom stereocenters. The van der Waals surface area contributed by atoms with Crippen molar-refractivity contribution in [3.05, 3.63) is 71.8 Å². The second kappa shape index (κ2) is 9.47. The highest BCUT2D eigenvalue weighted by Gasteiger charge is 2.13. The molecule has 1 amide bonds. The standard InChI is InChI=1S/C19H21NO4/c21-17(15-8-3-1-4-9-15)14-18(22)24-13-7-12-20-19(23)16-10-5-2-6-11-16/h1-6,8-11,17,21H,7,12-14H2,(H,20,23)/t17-/m0/s1. The zero-order valence-corrected chi connectivity index (χ0v) is 13.4. The second-order valence-electron chi connectivity index (χ2n) is 5.33. The molecule has 5 nitrogen and oxygen atoms in total. The highest BCUT2D eigenvalue weighted by Crippen LogP contribution is 2.16. The number of nitrogens with one attached hydrogen (secondary N) is 1. The van der Waals surface area contributed by atoms with E-state index in [2.05, 4.69) is 5.32 Å². The van der Waals surface area contributed by atoms with Gasteiger partial charge in [-0.15, -0.1) is 0 Å². The summed E-state index contributed by atoms with van der Waals surface area (Å²) in [5.74, 6) is -0.609. The highest BCUT2D eigenvalue weighted by molar-refractivity contribution is 5.94. The molecule has 2 rings (SSSR count). The van der Waals surface area contributed by atoms with Crippen molar-refractivity contribution in [2.45, 2.75) is 18.9 Å². The minimum atomic E-state index is -0.864. The third-order valence-corrected chi connectivity index (χ3v) is 3.45. The van der Waals surface area contributed by atoms with Crippen molar-refractivity contribution in [3.8, 4) is 0 Å². The first-order valence-electron chi connectivity index (χ1n) is 7.88. The second-order valence-corrected chi connectivity index (χ2v) is 5.33. The third-order valence-electron chi connectivity index (χ3n) is 3.45. The van der Waals surface area contributed by atoms with Gasteiger partial charge in [0.1, 0.15) is 0 Å². The van der Waals surface area contributed by atoms with E-state index in [4.69, 9.17) is 4.74 Å². The van der Waals surface area contributed by atoms with E-state index in [0.29, 0.717) is 24.1 Å². The summed E-state index contributed by atoms with van der Waals surface area (Å²) in [6.07, 6.45) is -0.428. The summed E-state index contributed by atoms with van der Waals surface area (Å²) in [5.41, 5.74) is 1.28. The quantitative estimate of drug-likeness (QED) is 0.577. The molecule has 0 aliphatic rings. The van der Waals surface area contributed by atoms with Crippen LogP contribution in [0.2, 0.25) is 0 Å². The van der Waals surface area contributed by atoms with E-state index in [-0.39, 0.29) is 18.9 Å². The first kappa shape index (κ1) is 17.7. The predicted molar refractivity (Wildman–Crippen MR) is 90.4 cm³/mol. The van der Waals surface area contributed by atoms with Gasteiger partial charge in [0.2, 0.25) is 0 Å². The number of amides is 1. The fourth-order valence-corrected chi connectivity index (χ4v) is 2.16. The average molecular weight is 327 g/mol. The monoisotopic (exact) mass is 327 g/mol. The van der Waals surface area contributed by atoms with Gasteiger partial charge in [0, 0.05) is 12.1 Å². The zero-order chi connectivity index (χ0) is 17.2. The van der Waals surface area contributed by atoms with E-state index in [1.165, 1.54) is 0 Å². The first-order chi connectivity index (χ1) is 11.7. The van der Waals surface area contributed by atoms with Crippen LogP contribution in [0.4, 0.5) is 0 Å². The Balaban J connectivity index is 1.60. The van der Waals surface area contributed by atoms with Crippen molar-refractivity contribution in [1.82, 2.24) is 5.32 Å². The molecule has 5 heteroatoms. The number of hydrogen-bond acceptors (Lipinski definition) is 4. The largest absolute Gasteiger partial charge is 0.466 e. The number of esters is 1. The summed E-state index contributed by atoms with van der Waals surface area (Å²) >= 11 is 0. The SMILES string of the molecule is O=C(C[C@H](O)c1ccccc1)OCCCNC(=O)c1ccccc1. The van der Waals surface area contributed by atoms with E-state index in [1.807, 2.05) is 12.1 Å². The van der Waals surface area contributed by atoms with E-state index in [9.17, 15) is 14.7 Å².